The van der Waals surface area contributed by atoms with Crippen molar-refractivity contribution in [2.45, 2.75) is 39.5 Å². The standard InChI is InChI=1S/C35H37ClFN5O4/c1-22-31(29-21-45-19-17-42(29)39-22)32-28(36)10-9-27-26(5-3-18-46-30-6-2-4-23-20-24(37)7-8-25(23)30)34(35(43)44)41(33(27)32)16-15-40-13-11-38-12-14-40/h2,4,6-10,20,38H,3,5,11-19,21H2,1H3,(H,43,44). The molecule has 7 rings (SSSR count). The minimum Gasteiger partial charge on any atom is -0.493 e. The Morgan fingerprint density at radius 1 is 1.09 bits per heavy atom. The molecule has 0 bridgehead atoms. The van der Waals surface area contributed by atoms with Crippen molar-refractivity contribution in [2.75, 3.05) is 45.9 Å². The summed E-state index contributed by atoms with van der Waals surface area (Å²) >= 11 is 7.02. The van der Waals surface area contributed by atoms with E-state index in [-0.39, 0.29) is 11.5 Å². The van der Waals surface area contributed by atoms with E-state index in [1.54, 1.807) is 6.07 Å². The van der Waals surface area contributed by atoms with Crippen molar-refractivity contribution < 1.29 is 23.8 Å². The zero-order valence-electron chi connectivity index (χ0n) is 25.8. The average molecular weight is 646 g/mol. The molecule has 11 heteroatoms. The van der Waals surface area contributed by atoms with Crippen LogP contribution in [0.5, 0.6) is 5.75 Å². The number of nitrogens with zero attached hydrogens (tertiary/aromatic N) is 4. The first kappa shape index (κ1) is 30.7. The third-order valence-corrected chi connectivity index (χ3v) is 9.44. The Morgan fingerprint density at radius 2 is 1.91 bits per heavy atom. The van der Waals surface area contributed by atoms with E-state index < -0.39 is 5.97 Å². The lowest BCUT2D eigenvalue weighted by atomic mass is 9.98. The molecule has 3 aromatic carbocycles. The number of benzene rings is 3. The van der Waals surface area contributed by atoms with Crippen LogP contribution in [-0.2, 0) is 30.9 Å². The highest BCUT2D eigenvalue weighted by atomic mass is 35.5. The first-order valence-electron chi connectivity index (χ1n) is 15.9. The Labute approximate surface area is 271 Å². The maximum Gasteiger partial charge on any atom is 0.352 e. The molecular weight excluding hydrogens is 609 g/mol. The zero-order chi connectivity index (χ0) is 31.8. The minimum atomic E-state index is -0.970. The van der Waals surface area contributed by atoms with Gasteiger partial charge < -0.3 is 24.5 Å². The molecule has 2 N–H and O–H groups in total. The van der Waals surface area contributed by atoms with Gasteiger partial charge in [0.15, 0.2) is 0 Å². The lowest BCUT2D eigenvalue weighted by Crippen LogP contribution is -2.44. The molecule has 5 aromatic rings. The van der Waals surface area contributed by atoms with Crippen molar-refractivity contribution in [3.05, 3.63) is 82.0 Å². The van der Waals surface area contributed by atoms with Gasteiger partial charge in [0, 0.05) is 61.2 Å². The highest BCUT2D eigenvalue weighted by Crippen LogP contribution is 2.43. The van der Waals surface area contributed by atoms with Gasteiger partial charge in [-0.05, 0) is 61.0 Å². The Hall–Kier alpha value is -3.96. The smallest absolute Gasteiger partial charge is 0.352 e. The van der Waals surface area contributed by atoms with E-state index in [0.717, 1.165) is 82.5 Å². The molecule has 0 amide bonds. The van der Waals surface area contributed by atoms with Gasteiger partial charge in [-0.2, -0.15) is 5.10 Å². The van der Waals surface area contributed by atoms with Crippen LogP contribution in [0.25, 0.3) is 32.8 Å². The fourth-order valence-corrected chi connectivity index (χ4v) is 7.26. The number of ether oxygens (including phenoxy) is 2. The fraction of sp³-hybridized carbons (Fsp3) is 0.371. The second-order valence-corrected chi connectivity index (χ2v) is 12.4. The summed E-state index contributed by atoms with van der Waals surface area (Å²) in [4.78, 5) is 15.5. The number of carboxylic acids is 1. The number of piperazine rings is 1. The highest BCUT2D eigenvalue weighted by molar-refractivity contribution is 6.35. The van der Waals surface area contributed by atoms with E-state index in [9.17, 15) is 14.3 Å². The van der Waals surface area contributed by atoms with E-state index in [2.05, 4.69) is 10.2 Å². The molecule has 0 unspecified atom stereocenters. The first-order valence-corrected chi connectivity index (χ1v) is 16.2. The quantitative estimate of drug-likeness (QED) is 0.183. The summed E-state index contributed by atoms with van der Waals surface area (Å²) in [5, 5.41) is 21.9. The van der Waals surface area contributed by atoms with Crippen molar-refractivity contribution >= 4 is 39.2 Å². The van der Waals surface area contributed by atoms with Crippen LogP contribution in [0.3, 0.4) is 0 Å². The lowest BCUT2D eigenvalue weighted by molar-refractivity contribution is 0.0683. The molecule has 0 spiro atoms. The number of fused-ring (bicyclic) bond motifs is 3. The van der Waals surface area contributed by atoms with Crippen molar-refractivity contribution in [1.82, 2.24) is 24.6 Å². The monoisotopic (exact) mass is 645 g/mol. The van der Waals surface area contributed by atoms with Crippen LogP contribution in [0.4, 0.5) is 4.39 Å². The molecule has 0 atom stereocenters. The Balaban J connectivity index is 1.28. The van der Waals surface area contributed by atoms with Crippen LogP contribution >= 0.6 is 11.6 Å². The molecule has 0 saturated carbocycles. The van der Waals surface area contributed by atoms with Crippen molar-refractivity contribution in [2.24, 2.45) is 0 Å². The van der Waals surface area contributed by atoms with Gasteiger partial charge in [-0.1, -0.05) is 29.8 Å². The van der Waals surface area contributed by atoms with Crippen molar-refractivity contribution in [3.63, 3.8) is 0 Å². The normalized spacial score (nSPS) is 15.5. The molecule has 2 aliphatic rings. The van der Waals surface area contributed by atoms with Crippen LogP contribution in [0.1, 0.15) is 33.9 Å². The molecule has 0 aliphatic carbocycles. The topological polar surface area (TPSA) is 93.8 Å². The summed E-state index contributed by atoms with van der Waals surface area (Å²) in [7, 11) is 0. The number of aromatic nitrogens is 3. The molecule has 4 heterocycles. The number of nitrogens with one attached hydrogen (secondary N) is 1. The van der Waals surface area contributed by atoms with E-state index in [4.69, 9.17) is 26.2 Å². The molecule has 9 nitrogen and oxygen atoms in total. The fourth-order valence-electron chi connectivity index (χ4n) is 7.02. The Bertz CT molecular complexity index is 1930. The van der Waals surface area contributed by atoms with Crippen LogP contribution in [-0.4, -0.2) is 76.3 Å². The van der Waals surface area contributed by atoms with Gasteiger partial charge >= 0.3 is 5.97 Å². The van der Waals surface area contributed by atoms with Crippen LogP contribution in [0.15, 0.2) is 48.5 Å². The average Bonchev–Trinajstić information content (AvgIpc) is 3.56. The van der Waals surface area contributed by atoms with Gasteiger partial charge in [0.05, 0.1) is 48.3 Å². The number of carboxylic acid groups (broad SMARTS) is 1. The summed E-state index contributed by atoms with van der Waals surface area (Å²) in [6.45, 7) is 8.88. The number of hydrogen-bond donors (Lipinski definition) is 2. The lowest BCUT2D eigenvalue weighted by Gasteiger charge is -2.27. The van der Waals surface area contributed by atoms with Crippen molar-refractivity contribution in [3.8, 4) is 16.9 Å². The third-order valence-electron chi connectivity index (χ3n) is 9.13. The zero-order valence-corrected chi connectivity index (χ0v) is 26.6. The van der Waals surface area contributed by atoms with Gasteiger partial charge in [0.25, 0.3) is 0 Å². The number of rotatable bonds is 10. The second kappa shape index (κ2) is 13.0. The maximum absolute atomic E-state index is 13.8. The predicted octanol–water partition coefficient (Wildman–Crippen LogP) is 5.90. The van der Waals surface area contributed by atoms with E-state index in [1.807, 2.05) is 46.5 Å². The second-order valence-electron chi connectivity index (χ2n) is 12.0. The third kappa shape index (κ3) is 5.75. The molecule has 2 aromatic heterocycles. The minimum absolute atomic E-state index is 0.282. The van der Waals surface area contributed by atoms with E-state index >= 15 is 0 Å². The predicted molar refractivity (Wildman–Crippen MR) is 177 cm³/mol. The van der Waals surface area contributed by atoms with Gasteiger partial charge in [-0.15, -0.1) is 0 Å². The summed E-state index contributed by atoms with van der Waals surface area (Å²) in [5.74, 6) is -0.590. The largest absolute Gasteiger partial charge is 0.493 e. The summed E-state index contributed by atoms with van der Waals surface area (Å²) in [5.41, 5.74) is 5.37. The number of hydrogen-bond acceptors (Lipinski definition) is 6. The molecule has 1 saturated heterocycles. The molecule has 0 radical (unpaired) electrons. The van der Waals surface area contributed by atoms with Gasteiger partial charge in [-0.25, -0.2) is 9.18 Å². The van der Waals surface area contributed by atoms with Crippen molar-refractivity contribution in [1.29, 1.82) is 0 Å². The number of aryl methyl sites for hydroxylation is 2. The van der Waals surface area contributed by atoms with Gasteiger partial charge in [-0.3, -0.25) is 9.58 Å². The maximum atomic E-state index is 13.8. The molecule has 240 valence electrons. The van der Waals surface area contributed by atoms with Gasteiger partial charge in [0.2, 0.25) is 0 Å². The summed E-state index contributed by atoms with van der Waals surface area (Å²) < 4.78 is 29.7. The SMILES string of the molecule is Cc1nn2c(c1-c1c(Cl)ccc3c(CCCOc4cccc5cc(F)ccc45)c(C(=O)O)n(CCN4CCNCC4)c13)COCC2. The highest BCUT2D eigenvalue weighted by Gasteiger charge is 2.29. The van der Waals surface area contributed by atoms with E-state index in [1.165, 1.54) is 12.1 Å². The van der Waals surface area contributed by atoms with Crippen LogP contribution in [0, 0.1) is 12.7 Å². The number of carbonyl (C=O) groups is 1. The van der Waals surface area contributed by atoms with Crippen LogP contribution in [0.2, 0.25) is 5.02 Å². The Morgan fingerprint density at radius 3 is 2.74 bits per heavy atom. The molecule has 46 heavy (non-hydrogen) atoms. The number of halogens is 2. The van der Waals surface area contributed by atoms with Crippen LogP contribution < -0.4 is 10.1 Å². The molecular formula is C35H37ClFN5O4. The molecule has 2 aliphatic heterocycles. The molecule has 1 fully saturated rings. The summed E-state index contributed by atoms with van der Waals surface area (Å²) in [6, 6.07) is 14.0. The van der Waals surface area contributed by atoms with E-state index in [0.29, 0.717) is 56.5 Å². The number of aromatic carboxylic acids is 1. The summed E-state index contributed by atoms with van der Waals surface area (Å²) in [6.07, 6.45) is 1.08. The Kier molecular flexibility index (Phi) is 8.70. The first-order chi connectivity index (χ1) is 22.4. The van der Waals surface area contributed by atoms with Gasteiger partial charge in [0.1, 0.15) is 17.3 Å².